The highest BCUT2D eigenvalue weighted by Crippen LogP contribution is 2.26. The van der Waals surface area contributed by atoms with Crippen LogP contribution in [0.15, 0.2) is 53.6 Å². The van der Waals surface area contributed by atoms with Gasteiger partial charge in [0.15, 0.2) is 9.84 Å². The van der Waals surface area contributed by atoms with Gasteiger partial charge in [0, 0.05) is 24.8 Å². The zero-order valence-corrected chi connectivity index (χ0v) is 22.3. The quantitative estimate of drug-likeness (QED) is 0.265. The van der Waals surface area contributed by atoms with E-state index in [1.807, 2.05) is 6.07 Å². The molecule has 0 amide bonds. The zero-order chi connectivity index (χ0) is 29.5. The third-order valence-corrected chi connectivity index (χ3v) is 7.67. The number of rotatable bonds is 8. The molecule has 1 aromatic carbocycles. The lowest BCUT2D eigenvalue weighted by atomic mass is 10.1. The predicted molar refractivity (Wildman–Crippen MR) is 136 cm³/mol. The molecule has 0 unspecified atom stereocenters. The van der Waals surface area contributed by atoms with Crippen molar-refractivity contribution in [3.8, 4) is 0 Å². The molecule has 1 aliphatic rings. The standard InChI is InChI=1S/C23H23ClF2N4O2S.C2HF3O2/c24-20-11-18(33(31,32)15-17-6-4-8-22(26)29-17)12-27-23(20)28-13-19-16(5-3-7-21(19)25)14-30-9-1-2-10-30;3-2(4,5)1(6)7/h3-8,11-12H,1-2,9-10,13-15H2,(H,27,28);(H,6,7). The monoisotopic (exact) mass is 606 g/mol. The fraction of sp³-hybridized carbons (Fsp3) is 0.320. The van der Waals surface area contributed by atoms with Crippen molar-refractivity contribution in [3.63, 3.8) is 0 Å². The number of alkyl halides is 3. The molecule has 3 heterocycles. The number of aliphatic carboxylic acids is 1. The van der Waals surface area contributed by atoms with Gasteiger partial charge in [-0.3, -0.25) is 4.90 Å². The molecule has 1 fully saturated rings. The van der Waals surface area contributed by atoms with Crippen molar-refractivity contribution in [1.82, 2.24) is 14.9 Å². The highest BCUT2D eigenvalue weighted by molar-refractivity contribution is 7.90. The Balaban J connectivity index is 0.000000559. The van der Waals surface area contributed by atoms with Crippen LogP contribution in [0.3, 0.4) is 0 Å². The van der Waals surface area contributed by atoms with E-state index in [0.717, 1.165) is 37.6 Å². The van der Waals surface area contributed by atoms with Crippen molar-refractivity contribution in [1.29, 1.82) is 0 Å². The minimum Gasteiger partial charge on any atom is -0.475 e. The average Bonchev–Trinajstić information content (AvgIpc) is 3.37. The number of carboxylic acids is 1. The number of pyridine rings is 2. The number of anilines is 1. The van der Waals surface area contributed by atoms with Crippen molar-refractivity contribution in [3.05, 3.63) is 82.3 Å². The Morgan fingerprint density at radius 1 is 1.10 bits per heavy atom. The number of hydrogen-bond acceptors (Lipinski definition) is 7. The lowest BCUT2D eigenvalue weighted by molar-refractivity contribution is -0.192. The molecule has 0 radical (unpaired) electrons. The largest absolute Gasteiger partial charge is 0.490 e. The second kappa shape index (κ2) is 13.3. The first-order chi connectivity index (χ1) is 18.8. The first-order valence-electron chi connectivity index (χ1n) is 11.8. The van der Waals surface area contributed by atoms with E-state index in [1.54, 1.807) is 6.07 Å². The molecule has 2 aromatic heterocycles. The summed E-state index contributed by atoms with van der Waals surface area (Å²) in [6.07, 6.45) is -1.62. The molecule has 1 saturated heterocycles. The first kappa shape index (κ1) is 31.2. The Labute approximate surface area is 231 Å². The summed E-state index contributed by atoms with van der Waals surface area (Å²) >= 11 is 6.28. The molecule has 15 heteroatoms. The van der Waals surface area contributed by atoms with Crippen molar-refractivity contribution < 1.29 is 40.3 Å². The van der Waals surface area contributed by atoms with Crippen LogP contribution in [0.1, 0.15) is 29.7 Å². The average molecular weight is 607 g/mol. The first-order valence-corrected chi connectivity index (χ1v) is 13.8. The van der Waals surface area contributed by atoms with Crippen LogP contribution in [0.2, 0.25) is 5.02 Å². The van der Waals surface area contributed by atoms with Crippen LogP contribution in [0, 0.1) is 11.8 Å². The minimum atomic E-state index is -5.08. The lowest BCUT2D eigenvalue weighted by Crippen LogP contribution is -2.21. The summed E-state index contributed by atoms with van der Waals surface area (Å²) in [7, 11) is -3.83. The molecule has 40 heavy (non-hydrogen) atoms. The van der Waals surface area contributed by atoms with E-state index in [4.69, 9.17) is 21.5 Å². The van der Waals surface area contributed by atoms with E-state index in [-0.39, 0.29) is 33.8 Å². The number of likely N-dealkylation sites (tertiary alicyclic amines) is 1. The smallest absolute Gasteiger partial charge is 0.475 e. The molecule has 0 spiro atoms. The summed E-state index contributed by atoms with van der Waals surface area (Å²) in [6, 6.07) is 10.3. The number of hydrogen-bond donors (Lipinski definition) is 2. The Morgan fingerprint density at radius 2 is 1.75 bits per heavy atom. The molecule has 2 N–H and O–H groups in total. The number of benzene rings is 1. The lowest BCUT2D eigenvalue weighted by Gasteiger charge is -2.18. The molecule has 1 aliphatic heterocycles. The molecule has 0 aliphatic carbocycles. The van der Waals surface area contributed by atoms with E-state index in [0.29, 0.717) is 12.1 Å². The summed E-state index contributed by atoms with van der Waals surface area (Å²) < 4.78 is 84.9. The van der Waals surface area contributed by atoms with Gasteiger partial charge in [-0.15, -0.1) is 0 Å². The third kappa shape index (κ3) is 8.83. The fourth-order valence-corrected chi connectivity index (χ4v) is 5.36. The molecule has 216 valence electrons. The summed E-state index contributed by atoms with van der Waals surface area (Å²) in [5.41, 5.74) is 1.50. The second-order valence-corrected chi connectivity index (χ2v) is 11.1. The summed E-state index contributed by atoms with van der Waals surface area (Å²) in [4.78, 5) is 18.8. The maximum absolute atomic E-state index is 14.6. The number of halogens is 6. The Bertz CT molecular complexity index is 1450. The van der Waals surface area contributed by atoms with Crippen molar-refractivity contribution in [2.75, 3.05) is 18.4 Å². The molecular weight excluding hydrogens is 583 g/mol. The van der Waals surface area contributed by atoms with Gasteiger partial charge in [0.05, 0.1) is 21.4 Å². The third-order valence-electron chi connectivity index (χ3n) is 5.77. The van der Waals surface area contributed by atoms with E-state index in [2.05, 4.69) is 20.2 Å². The van der Waals surface area contributed by atoms with E-state index in [1.165, 1.54) is 30.5 Å². The van der Waals surface area contributed by atoms with Crippen LogP contribution < -0.4 is 5.32 Å². The van der Waals surface area contributed by atoms with Crippen molar-refractivity contribution in [2.24, 2.45) is 0 Å². The second-order valence-electron chi connectivity index (χ2n) is 8.73. The van der Waals surface area contributed by atoms with Gasteiger partial charge in [-0.05, 0) is 55.8 Å². The predicted octanol–water partition coefficient (Wildman–Crippen LogP) is 5.22. The summed E-state index contributed by atoms with van der Waals surface area (Å²) in [5.74, 6) is -4.07. The fourth-order valence-electron chi connectivity index (χ4n) is 3.83. The number of carboxylic acid groups (broad SMARTS) is 1. The van der Waals surface area contributed by atoms with Gasteiger partial charge in [0.25, 0.3) is 0 Å². The number of nitrogens with one attached hydrogen (secondary N) is 1. The van der Waals surface area contributed by atoms with Crippen molar-refractivity contribution in [2.45, 2.75) is 42.8 Å². The maximum Gasteiger partial charge on any atom is 0.490 e. The zero-order valence-electron chi connectivity index (χ0n) is 20.8. The Hall–Kier alpha value is -3.36. The van der Waals surface area contributed by atoms with Crippen LogP contribution in [0.5, 0.6) is 0 Å². The molecule has 3 aromatic rings. The topological polar surface area (TPSA) is 112 Å². The molecular formula is C25H24ClF5N4O4S. The normalized spacial score (nSPS) is 13.9. The SMILES string of the molecule is O=C(O)C(F)(F)F.O=S(=O)(Cc1cccc(F)n1)c1cnc(NCc2c(F)cccc2CN2CCCC2)c(Cl)c1. The number of carbonyl (C=O) groups is 1. The van der Waals surface area contributed by atoms with Gasteiger partial charge in [-0.25, -0.2) is 27.6 Å². The molecule has 0 bridgehead atoms. The Morgan fingerprint density at radius 3 is 2.35 bits per heavy atom. The summed E-state index contributed by atoms with van der Waals surface area (Å²) in [5, 5.41) is 10.2. The number of nitrogens with zero attached hydrogens (tertiary/aromatic N) is 3. The maximum atomic E-state index is 14.6. The van der Waals surface area contributed by atoms with Crippen LogP contribution in [-0.2, 0) is 33.5 Å². The molecule has 8 nitrogen and oxygen atoms in total. The van der Waals surface area contributed by atoms with Gasteiger partial charge >= 0.3 is 12.1 Å². The van der Waals surface area contributed by atoms with Crippen molar-refractivity contribution >= 4 is 33.2 Å². The number of sulfone groups is 1. The van der Waals surface area contributed by atoms with Gasteiger partial charge in [0.2, 0.25) is 5.95 Å². The van der Waals surface area contributed by atoms with Crippen LogP contribution >= 0.6 is 11.6 Å². The van der Waals surface area contributed by atoms with E-state index < -0.39 is 33.7 Å². The van der Waals surface area contributed by atoms with Gasteiger partial charge in [-0.2, -0.15) is 17.6 Å². The molecule has 0 atom stereocenters. The van der Waals surface area contributed by atoms with Crippen LogP contribution in [-0.4, -0.2) is 53.6 Å². The van der Waals surface area contributed by atoms with Crippen LogP contribution in [0.25, 0.3) is 0 Å². The van der Waals surface area contributed by atoms with Crippen LogP contribution in [0.4, 0.5) is 27.8 Å². The number of aromatic nitrogens is 2. The molecule has 4 rings (SSSR count). The molecule has 0 saturated carbocycles. The van der Waals surface area contributed by atoms with Gasteiger partial charge in [-0.1, -0.05) is 29.8 Å². The van der Waals surface area contributed by atoms with E-state index in [9.17, 15) is 30.4 Å². The van der Waals surface area contributed by atoms with Gasteiger partial charge in [0.1, 0.15) is 11.6 Å². The van der Waals surface area contributed by atoms with E-state index >= 15 is 0 Å². The highest BCUT2D eigenvalue weighted by atomic mass is 35.5. The minimum absolute atomic E-state index is 0.0819. The van der Waals surface area contributed by atoms with Gasteiger partial charge < -0.3 is 10.4 Å². The summed E-state index contributed by atoms with van der Waals surface area (Å²) in [6.45, 7) is 2.82. The highest BCUT2D eigenvalue weighted by Gasteiger charge is 2.38. The Kier molecular flexibility index (Phi) is 10.4.